The molecule has 0 radical (unpaired) electrons. The minimum absolute atomic E-state index is 0.0325. The van der Waals surface area contributed by atoms with Crippen LogP contribution in [-0.2, 0) is 14.2 Å². The topological polar surface area (TPSA) is 71.5 Å². The van der Waals surface area contributed by atoms with Gasteiger partial charge in [-0.1, -0.05) is 24.3 Å². The average Bonchev–Trinajstić information content (AvgIpc) is 3.49. The smallest absolute Gasteiger partial charge is 0.0704 e. The number of aliphatic hydroxyl groups is 2. The molecule has 1 fully saturated rings. The molecule has 1 saturated heterocycles. The number of allylic oxidation sites excluding steroid dienone is 4. The Kier molecular flexibility index (Phi) is 16.8. The van der Waals surface area contributed by atoms with Gasteiger partial charge < -0.3 is 24.4 Å². The van der Waals surface area contributed by atoms with Crippen molar-refractivity contribution in [2.75, 3.05) is 39.6 Å². The van der Waals surface area contributed by atoms with Crippen molar-refractivity contribution in [3.63, 3.8) is 0 Å². The van der Waals surface area contributed by atoms with E-state index in [1.165, 1.54) is 12.8 Å². The van der Waals surface area contributed by atoms with Crippen LogP contribution in [0, 0.1) is 0 Å². The first-order valence-electron chi connectivity index (χ1n) is 10.7. The van der Waals surface area contributed by atoms with Gasteiger partial charge in [0.05, 0.1) is 51.8 Å². The molecule has 2 atom stereocenters. The van der Waals surface area contributed by atoms with E-state index in [4.69, 9.17) is 14.6 Å². The van der Waals surface area contributed by atoms with Crippen molar-refractivity contribution in [3.05, 3.63) is 24.3 Å². The molecule has 3 aliphatic rings. The quantitative estimate of drug-likeness (QED) is 0.414. The molecule has 0 saturated carbocycles. The normalized spacial score (nSPS) is 27.2. The molecule has 1 aliphatic heterocycles. The van der Waals surface area contributed by atoms with Gasteiger partial charge in [-0.3, -0.25) is 0 Å². The van der Waals surface area contributed by atoms with Crippen molar-refractivity contribution < 1.29 is 24.4 Å². The minimum atomic E-state index is -0.0325. The standard InChI is InChI=1S/C12H22O3.C8H14O.C2H4O/c13-8-9-14-10-11-15-12-6-4-2-1-3-5-7-12;9-8-6-4-2-1-3-5-7-8;1-2-3-1/h1-2,12-13H,3-11H2;1-2,8-9H,3-7H2;1-2H2/b2*2-1-;. The molecule has 27 heavy (non-hydrogen) atoms. The van der Waals surface area contributed by atoms with E-state index in [0.29, 0.717) is 25.9 Å². The predicted octanol–water partition coefficient (Wildman–Crippen LogP) is 3.79. The molecule has 5 heteroatoms. The van der Waals surface area contributed by atoms with E-state index in [2.05, 4.69) is 29.0 Å². The first-order valence-corrected chi connectivity index (χ1v) is 10.7. The third kappa shape index (κ3) is 18.4. The molecule has 0 bridgehead atoms. The molecule has 0 amide bonds. The van der Waals surface area contributed by atoms with E-state index in [1.54, 1.807) is 0 Å². The number of epoxide rings is 1. The second kappa shape index (κ2) is 18.6. The summed E-state index contributed by atoms with van der Waals surface area (Å²) in [5.74, 6) is 0. The average molecular weight is 385 g/mol. The van der Waals surface area contributed by atoms with Crippen molar-refractivity contribution >= 4 is 0 Å². The Morgan fingerprint density at radius 1 is 0.778 bits per heavy atom. The van der Waals surface area contributed by atoms with E-state index in [1.807, 2.05) is 0 Å². The Bertz CT molecular complexity index is 365. The fraction of sp³-hybridized carbons (Fsp3) is 0.818. The zero-order valence-corrected chi connectivity index (χ0v) is 16.9. The molecule has 5 nitrogen and oxygen atoms in total. The Labute approximate surface area is 165 Å². The van der Waals surface area contributed by atoms with Crippen LogP contribution in [0.4, 0.5) is 0 Å². The van der Waals surface area contributed by atoms with Crippen LogP contribution in [0.3, 0.4) is 0 Å². The molecule has 0 spiro atoms. The summed E-state index contributed by atoms with van der Waals surface area (Å²) in [5.41, 5.74) is 0. The summed E-state index contributed by atoms with van der Waals surface area (Å²) in [7, 11) is 0. The van der Waals surface area contributed by atoms with Gasteiger partial charge in [0.1, 0.15) is 0 Å². The van der Waals surface area contributed by atoms with E-state index in [9.17, 15) is 5.11 Å². The molecule has 2 unspecified atom stereocenters. The Morgan fingerprint density at radius 3 is 2.07 bits per heavy atom. The lowest BCUT2D eigenvalue weighted by atomic mass is 10.0. The maximum Gasteiger partial charge on any atom is 0.0704 e. The second-order valence-corrected chi connectivity index (χ2v) is 7.05. The van der Waals surface area contributed by atoms with Gasteiger partial charge in [-0.15, -0.1) is 0 Å². The van der Waals surface area contributed by atoms with Crippen LogP contribution >= 0.6 is 0 Å². The third-order valence-corrected chi connectivity index (χ3v) is 4.48. The van der Waals surface area contributed by atoms with Crippen LogP contribution in [0.2, 0.25) is 0 Å². The Hall–Kier alpha value is -0.720. The molecule has 158 valence electrons. The summed E-state index contributed by atoms with van der Waals surface area (Å²) in [6.07, 6.45) is 20.4. The molecule has 0 aromatic carbocycles. The van der Waals surface area contributed by atoms with Crippen LogP contribution in [0.1, 0.15) is 64.2 Å². The predicted molar refractivity (Wildman–Crippen MR) is 109 cm³/mol. The van der Waals surface area contributed by atoms with Crippen molar-refractivity contribution in [3.8, 4) is 0 Å². The van der Waals surface area contributed by atoms with E-state index < -0.39 is 0 Å². The van der Waals surface area contributed by atoms with Crippen LogP contribution in [-0.4, -0.2) is 62.1 Å². The number of hydrogen-bond donors (Lipinski definition) is 2. The summed E-state index contributed by atoms with van der Waals surface area (Å²) in [5, 5.41) is 17.7. The molecule has 0 aromatic heterocycles. The molecule has 3 rings (SSSR count). The SMILES string of the molecule is C1CO1.OC1CC/C=C\CCC1.OCCOCCOC1CC/C=C\CCC1. The molecule has 2 N–H and O–H groups in total. The summed E-state index contributed by atoms with van der Waals surface area (Å²) < 4.78 is 15.4. The lowest BCUT2D eigenvalue weighted by molar-refractivity contribution is -0.00885. The van der Waals surface area contributed by atoms with E-state index >= 15 is 0 Å². The van der Waals surface area contributed by atoms with Gasteiger partial charge in [0.25, 0.3) is 0 Å². The van der Waals surface area contributed by atoms with Gasteiger partial charge in [0, 0.05) is 0 Å². The van der Waals surface area contributed by atoms with Crippen LogP contribution in [0.5, 0.6) is 0 Å². The highest BCUT2D eigenvalue weighted by Gasteiger charge is 2.09. The van der Waals surface area contributed by atoms with Gasteiger partial charge >= 0.3 is 0 Å². The molecular weight excluding hydrogens is 344 g/mol. The van der Waals surface area contributed by atoms with E-state index in [-0.39, 0.29) is 12.7 Å². The van der Waals surface area contributed by atoms with Crippen LogP contribution in [0.15, 0.2) is 24.3 Å². The summed E-state index contributed by atoms with van der Waals surface area (Å²) in [4.78, 5) is 0. The summed E-state index contributed by atoms with van der Waals surface area (Å²) in [6.45, 7) is 3.74. The van der Waals surface area contributed by atoms with Crippen molar-refractivity contribution in [1.29, 1.82) is 0 Å². The highest BCUT2D eigenvalue weighted by Crippen LogP contribution is 2.15. The maximum absolute atomic E-state index is 9.18. The maximum atomic E-state index is 9.18. The van der Waals surface area contributed by atoms with Gasteiger partial charge in [-0.25, -0.2) is 0 Å². The van der Waals surface area contributed by atoms with Gasteiger partial charge in [-0.05, 0) is 64.2 Å². The second-order valence-electron chi connectivity index (χ2n) is 7.05. The van der Waals surface area contributed by atoms with Crippen LogP contribution < -0.4 is 0 Å². The summed E-state index contributed by atoms with van der Waals surface area (Å²) in [6, 6.07) is 0. The molecule has 0 aromatic rings. The van der Waals surface area contributed by atoms with Gasteiger partial charge in [0.15, 0.2) is 0 Å². The number of rotatable bonds is 6. The van der Waals surface area contributed by atoms with Gasteiger partial charge in [-0.2, -0.15) is 0 Å². The highest BCUT2D eigenvalue weighted by molar-refractivity contribution is 4.85. The largest absolute Gasteiger partial charge is 0.394 e. The Morgan fingerprint density at radius 2 is 1.41 bits per heavy atom. The zero-order chi connectivity index (χ0) is 19.4. The number of aliphatic hydroxyl groups excluding tert-OH is 2. The lowest BCUT2D eigenvalue weighted by Gasteiger charge is -2.18. The Balaban J connectivity index is 0.000000253. The van der Waals surface area contributed by atoms with Crippen molar-refractivity contribution in [2.24, 2.45) is 0 Å². The fourth-order valence-electron chi connectivity index (χ4n) is 2.87. The third-order valence-electron chi connectivity index (χ3n) is 4.48. The monoisotopic (exact) mass is 384 g/mol. The number of ether oxygens (including phenoxy) is 3. The zero-order valence-electron chi connectivity index (χ0n) is 16.9. The first-order chi connectivity index (χ1) is 13.3. The summed E-state index contributed by atoms with van der Waals surface area (Å²) >= 11 is 0. The fourth-order valence-corrected chi connectivity index (χ4v) is 2.87. The minimum Gasteiger partial charge on any atom is -0.394 e. The highest BCUT2D eigenvalue weighted by atomic mass is 16.6. The van der Waals surface area contributed by atoms with Crippen molar-refractivity contribution in [2.45, 2.75) is 76.4 Å². The van der Waals surface area contributed by atoms with Gasteiger partial charge in [0.2, 0.25) is 0 Å². The lowest BCUT2D eigenvalue weighted by Crippen LogP contribution is -2.17. The first kappa shape index (κ1) is 24.3. The molecule has 1 heterocycles. The molecule has 2 aliphatic carbocycles. The van der Waals surface area contributed by atoms with E-state index in [0.717, 1.165) is 64.6 Å². The van der Waals surface area contributed by atoms with Crippen LogP contribution in [0.25, 0.3) is 0 Å². The van der Waals surface area contributed by atoms with Crippen molar-refractivity contribution in [1.82, 2.24) is 0 Å². The number of hydrogen-bond acceptors (Lipinski definition) is 5. The molecular formula is C22H40O5.